The number of thioether (sulfide) groups is 1. The van der Waals surface area contributed by atoms with Gasteiger partial charge in [-0.25, -0.2) is 4.79 Å². The summed E-state index contributed by atoms with van der Waals surface area (Å²) in [7, 11) is 0. The van der Waals surface area contributed by atoms with Crippen LogP contribution < -0.4 is 5.32 Å². The van der Waals surface area contributed by atoms with Gasteiger partial charge in [-0.2, -0.15) is 8.78 Å². The molecule has 2 aromatic carbocycles. The number of anilines is 1. The maximum Gasteiger partial charge on any atom is 0.339 e. The number of esters is 1. The molecule has 0 aliphatic carbocycles. The Labute approximate surface area is 164 Å². The maximum absolute atomic E-state index is 12.4. The zero-order chi connectivity index (χ0) is 20.1. The Hall–Kier alpha value is -3.00. The number of ether oxygens (including phenoxy) is 1. The van der Waals surface area contributed by atoms with Gasteiger partial charge < -0.3 is 10.1 Å². The Balaban J connectivity index is 1.61. The third kappa shape index (κ3) is 5.04. The van der Waals surface area contributed by atoms with Gasteiger partial charge in [-0.1, -0.05) is 30.0 Å². The molecule has 1 N–H and O–H groups in total. The summed E-state index contributed by atoms with van der Waals surface area (Å²) < 4.78 is 29.7. The number of alkyl halides is 2. The highest BCUT2D eigenvalue weighted by atomic mass is 32.2. The number of amides is 1. The van der Waals surface area contributed by atoms with E-state index in [4.69, 9.17) is 4.74 Å². The molecule has 1 heterocycles. The number of aromatic nitrogens is 1. The van der Waals surface area contributed by atoms with Crippen LogP contribution in [0.4, 0.5) is 14.5 Å². The van der Waals surface area contributed by atoms with Crippen LogP contribution >= 0.6 is 11.8 Å². The van der Waals surface area contributed by atoms with Crippen LogP contribution in [0.3, 0.4) is 0 Å². The molecular formula is C20H16F2N2O3S. The standard InChI is InChI=1S/C20H16F2N2O3S/c1-12-10-16(15-4-2-3-5-17(15)23-12)19(26)27-11-18(25)24-13-6-8-14(9-7-13)28-20(21)22/h2-10,20H,11H2,1H3,(H,24,25). The molecule has 0 aliphatic heterocycles. The minimum absolute atomic E-state index is 0.337. The second-order valence-electron chi connectivity index (χ2n) is 5.86. The molecule has 0 radical (unpaired) electrons. The van der Waals surface area contributed by atoms with Crippen molar-refractivity contribution in [1.82, 2.24) is 4.98 Å². The van der Waals surface area contributed by atoms with E-state index in [9.17, 15) is 18.4 Å². The van der Waals surface area contributed by atoms with Gasteiger partial charge in [0.15, 0.2) is 6.61 Å². The van der Waals surface area contributed by atoms with Crippen LogP contribution in [0.15, 0.2) is 59.5 Å². The minimum atomic E-state index is -2.51. The average molecular weight is 402 g/mol. The van der Waals surface area contributed by atoms with Crippen LogP contribution in [0.25, 0.3) is 10.9 Å². The van der Waals surface area contributed by atoms with E-state index in [-0.39, 0.29) is 0 Å². The molecule has 0 unspecified atom stereocenters. The van der Waals surface area contributed by atoms with Crippen LogP contribution in [0, 0.1) is 6.92 Å². The van der Waals surface area contributed by atoms with Gasteiger partial charge in [-0.3, -0.25) is 9.78 Å². The van der Waals surface area contributed by atoms with Gasteiger partial charge in [-0.05, 0) is 43.3 Å². The second kappa shape index (κ2) is 8.79. The molecule has 0 spiro atoms. The number of nitrogens with zero attached hydrogens (tertiary/aromatic N) is 1. The first-order chi connectivity index (χ1) is 13.4. The van der Waals surface area contributed by atoms with Crippen molar-refractivity contribution >= 4 is 40.2 Å². The number of hydrogen-bond donors (Lipinski definition) is 1. The van der Waals surface area contributed by atoms with Crippen molar-refractivity contribution in [3.8, 4) is 0 Å². The van der Waals surface area contributed by atoms with Crippen molar-refractivity contribution in [2.24, 2.45) is 0 Å². The molecule has 1 aromatic heterocycles. The summed E-state index contributed by atoms with van der Waals surface area (Å²) in [6, 6.07) is 14.7. The predicted molar refractivity (Wildman–Crippen MR) is 104 cm³/mol. The monoisotopic (exact) mass is 402 g/mol. The minimum Gasteiger partial charge on any atom is -0.452 e. The first-order valence-corrected chi connectivity index (χ1v) is 9.18. The Kier molecular flexibility index (Phi) is 6.20. The van der Waals surface area contributed by atoms with E-state index in [0.717, 1.165) is 0 Å². The van der Waals surface area contributed by atoms with Crippen molar-refractivity contribution in [1.29, 1.82) is 0 Å². The number of benzene rings is 2. The van der Waals surface area contributed by atoms with Gasteiger partial charge in [0.05, 0.1) is 11.1 Å². The lowest BCUT2D eigenvalue weighted by molar-refractivity contribution is -0.119. The van der Waals surface area contributed by atoms with E-state index in [1.54, 1.807) is 31.2 Å². The molecule has 8 heteroatoms. The fourth-order valence-electron chi connectivity index (χ4n) is 2.60. The van der Waals surface area contributed by atoms with E-state index in [2.05, 4.69) is 10.3 Å². The van der Waals surface area contributed by atoms with Gasteiger partial charge in [0, 0.05) is 21.7 Å². The average Bonchev–Trinajstić information content (AvgIpc) is 2.66. The summed E-state index contributed by atoms with van der Waals surface area (Å²) >= 11 is 0.419. The number of carbonyl (C=O) groups excluding carboxylic acids is 2. The first kappa shape index (κ1) is 19.8. The molecule has 0 fully saturated rings. The summed E-state index contributed by atoms with van der Waals surface area (Å²) in [6.07, 6.45) is 0. The SMILES string of the molecule is Cc1cc(C(=O)OCC(=O)Nc2ccc(SC(F)F)cc2)c2ccccc2n1. The molecule has 0 aliphatic rings. The number of aryl methyl sites for hydroxylation is 1. The molecule has 0 atom stereocenters. The molecule has 5 nitrogen and oxygen atoms in total. The first-order valence-electron chi connectivity index (χ1n) is 8.30. The van der Waals surface area contributed by atoms with Gasteiger partial charge >= 0.3 is 5.97 Å². The van der Waals surface area contributed by atoms with E-state index >= 15 is 0 Å². The van der Waals surface area contributed by atoms with Gasteiger partial charge in [0.1, 0.15) is 0 Å². The lowest BCUT2D eigenvalue weighted by atomic mass is 10.1. The number of pyridine rings is 1. The maximum atomic E-state index is 12.4. The molecule has 0 saturated carbocycles. The van der Waals surface area contributed by atoms with Crippen molar-refractivity contribution < 1.29 is 23.1 Å². The summed E-state index contributed by atoms with van der Waals surface area (Å²) in [6.45, 7) is 1.30. The number of hydrogen-bond acceptors (Lipinski definition) is 5. The van der Waals surface area contributed by atoms with E-state index < -0.39 is 24.2 Å². The number of carbonyl (C=O) groups is 2. The normalized spacial score (nSPS) is 10.9. The lowest BCUT2D eigenvalue weighted by Gasteiger charge is -2.09. The van der Waals surface area contributed by atoms with Crippen molar-refractivity contribution in [3.05, 3.63) is 65.9 Å². The van der Waals surface area contributed by atoms with Crippen LogP contribution in [0.5, 0.6) is 0 Å². The molecule has 3 aromatic rings. The molecule has 1 amide bonds. The van der Waals surface area contributed by atoms with Crippen LogP contribution in [0.2, 0.25) is 0 Å². The number of nitrogens with one attached hydrogen (secondary N) is 1. The highest BCUT2D eigenvalue weighted by molar-refractivity contribution is 7.99. The molecule has 28 heavy (non-hydrogen) atoms. The Morgan fingerprint density at radius 3 is 2.57 bits per heavy atom. The van der Waals surface area contributed by atoms with E-state index in [1.807, 2.05) is 6.07 Å². The topological polar surface area (TPSA) is 68.3 Å². The molecule has 144 valence electrons. The smallest absolute Gasteiger partial charge is 0.339 e. The van der Waals surface area contributed by atoms with Crippen molar-refractivity contribution in [2.45, 2.75) is 17.6 Å². The number of halogens is 2. The lowest BCUT2D eigenvalue weighted by Crippen LogP contribution is -2.21. The summed E-state index contributed by atoms with van der Waals surface area (Å²) in [5.41, 5.74) is 2.09. The van der Waals surface area contributed by atoms with Crippen LogP contribution in [-0.4, -0.2) is 29.2 Å². The summed E-state index contributed by atoms with van der Waals surface area (Å²) in [5.74, 6) is -3.66. The largest absolute Gasteiger partial charge is 0.452 e. The Bertz CT molecular complexity index is 1010. The van der Waals surface area contributed by atoms with E-state index in [1.165, 1.54) is 24.3 Å². The third-order valence-corrected chi connectivity index (χ3v) is 4.48. The highest BCUT2D eigenvalue weighted by Gasteiger charge is 2.15. The predicted octanol–water partition coefficient (Wildman–Crippen LogP) is 4.65. The Morgan fingerprint density at radius 1 is 1.14 bits per heavy atom. The molecular weight excluding hydrogens is 386 g/mol. The second-order valence-corrected chi connectivity index (χ2v) is 6.92. The summed E-state index contributed by atoms with van der Waals surface area (Å²) in [4.78, 5) is 29.2. The van der Waals surface area contributed by atoms with E-state index in [0.29, 0.717) is 44.5 Å². The van der Waals surface area contributed by atoms with Gasteiger partial charge in [0.2, 0.25) is 0 Å². The third-order valence-electron chi connectivity index (χ3n) is 3.76. The highest BCUT2D eigenvalue weighted by Crippen LogP contribution is 2.26. The Morgan fingerprint density at radius 2 is 1.86 bits per heavy atom. The summed E-state index contributed by atoms with van der Waals surface area (Å²) in [5, 5.41) is 3.20. The van der Waals surface area contributed by atoms with Crippen LogP contribution in [-0.2, 0) is 9.53 Å². The zero-order valence-electron chi connectivity index (χ0n) is 14.8. The number of rotatable bonds is 6. The number of fused-ring (bicyclic) bond motifs is 1. The molecule has 3 rings (SSSR count). The van der Waals surface area contributed by atoms with Gasteiger partial charge in [0.25, 0.3) is 11.7 Å². The zero-order valence-corrected chi connectivity index (χ0v) is 15.6. The van der Waals surface area contributed by atoms with Crippen molar-refractivity contribution in [3.63, 3.8) is 0 Å². The molecule has 0 saturated heterocycles. The fraction of sp³-hybridized carbons (Fsp3) is 0.150. The van der Waals surface area contributed by atoms with Crippen molar-refractivity contribution in [2.75, 3.05) is 11.9 Å². The van der Waals surface area contributed by atoms with Crippen LogP contribution in [0.1, 0.15) is 16.1 Å². The molecule has 0 bridgehead atoms. The quantitative estimate of drug-likeness (QED) is 0.480. The fourth-order valence-corrected chi connectivity index (χ4v) is 3.10. The number of para-hydroxylation sites is 1. The van der Waals surface area contributed by atoms with Gasteiger partial charge in [-0.15, -0.1) is 0 Å².